The van der Waals surface area contributed by atoms with Crippen LogP contribution < -0.4 is 5.32 Å². The van der Waals surface area contributed by atoms with E-state index in [-0.39, 0.29) is 11.2 Å². The van der Waals surface area contributed by atoms with Gasteiger partial charge in [0.2, 0.25) is 0 Å². The van der Waals surface area contributed by atoms with Gasteiger partial charge < -0.3 is 10.2 Å². The van der Waals surface area contributed by atoms with Gasteiger partial charge >= 0.3 is 0 Å². The molecule has 116 valence electrons. The summed E-state index contributed by atoms with van der Waals surface area (Å²) < 4.78 is 0. The van der Waals surface area contributed by atoms with Gasteiger partial charge in [0.05, 0.1) is 0 Å². The molecule has 0 aromatic heterocycles. The second kappa shape index (κ2) is 6.71. The fraction of sp³-hybridized carbons (Fsp3) is 0.611. The highest BCUT2D eigenvalue weighted by molar-refractivity contribution is 5.97. The molecule has 1 aromatic rings. The smallest absolute Gasteiger partial charge is 0.164 e. The van der Waals surface area contributed by atoms with Gasteiger partial charge in [0.15, 0.2) is 5.78 Å². The molecule has 0 radical (unpaired) electrons. The van der Waals surface area contributed by atoms with Gasteiger partial charge in [-0.25, -0.2) is 0 Å². The third-order valence-electron chi connectivity index (χ3n) is 4.27. The van der Waals surface area contributed by atoms with Crippen molar-refractivity contribution in [1.82, 2.24) is 10.2 Å². The highest BCUT2D eigenvalue weighted by atomic mass is 16.1. The lowest BCUT2D eigenvalue weighted by atomic mass is 9.84. The molecule has 0 spiro atoms. The van der Waals surface area contributed by atoms with Crippen molar-refractivity contribution in [2.45, 2.75) is 39.5 Å². The molecule has 0 amide bonds. The zero-order valence-electron chi connectivity index (χ0n) is 13.8. The summed E-state index contributed by atoms with van der Waals surface area (Å²) in [5, 5.41) is 3.34. The molecule has 1 heterocycles. The average Bonchev–Trinajstić information content (AvgIpc) is 2.45. The number of nitrogens with zero attached hydrogens (tertiary/aromatic N) is 1. The number of carbonyl (C=O) groups is 1. The molecular weight excluding hydrogens is 260 g/mol. The van der Waals surface area contributed by atoms with Gasteiger partial charge in [-0.3, -0.25) is 4.79 Å². The topological polar surface area (TPSA) is 32.3 Å². The predicted molar refractivity (Wildman–Crippen MR) is 88.1 cm³/mol. The Kier molecular flexibility index (Phi) is 5.17. The number of rotatable bonds is 4. The van der Waals surface area contributed by atoms with Crippen molar-refractivity contribution >= 4 is 5.78 Å². The molecule has 21 heavy (non-hydrogen) atoms. The second-order valence-corrected chi connectivity index (χ2v) is 7.04. The van der Waals surface area contributed by atoms with Crippen LogP contribution in [-0.4, -0.2) is 43.4 Å². The van der Waals surface area contributed by atoms with Crippen LogP contribution in [0.4, 0.5) is 0 Å². The van der Waals surface area contributed by atoms with Gasteiger partial charge in [-0.05, 0) is 29.5 Å². The molecule has 0 bridgehead atoms. The molecule has 2 rings (SSSR count). The van der Waals surface area contributed by atoms with Gasteiger partial charge in [0, 0.05) is 44.7 Å². The third kappa shape index (κ3) is 4.39. The average molecular weight is 288 g/mol. The first-order chi connectivity index (χ1) is 9.88. The van der Waals surface area contributed by atoms with E-state index in [1.807, 2.05) is 6.92 Å². The van der Waals surface area contributed by atoms with Gasteiger partial charge in [0.25, 0.3) is 0 Å². The molecule has 0 aliphatic carbocycles. The molecule has 3 heteroatoms. The number of nitrogens with one attached hydrogen (secondary N) is 1. The van der Waals surface area contributed by atoms with Crippen molar-refractivity contribution in [3.63, 3.8) is 0 Å². The molecule has 1 aliphatic rings. The summed E-state index contributed by atoms with van der Waals surface area (Å²) in [6.45, 7) is 13.6. The number of ketones is 1. The maximum absolute atomic E-state index is 12.5. The van der Waals surface area contributed by atoms with Crippen LogP contribution in [0, 0.1) is 6.92 Å². The number of hydrogen-bond donors (Lipinski definition) is 1. The molecular formula is C18H28N2O. The Morgan fingerprint density at radius 2 is 1.90 bits per heavy atom. The monoisotopic (exact) mass is 288 g/mol. The number of hydrogen-bond acceptors (Lipinski definition) is 3. The van der Waals surface area contributed by atoms with E-state index in [1.54, 1.807) is 0 Å². The third-order valence-corrected chi connectivity index (χ3v) is 4.27. The molecule has 1 aliphatic heterocycles. The van der Waals surface area contributed by atoms with Crippen LogP contribution in [0.2, 0.25) is 0 Å². The van der Waals surface area contributed by atoms with Gasteiger partial charge in [-0.2, -0.15) is 0 Å². The van der Waals surface area contributed by atoms with Gasteiger partial charge in [-0.1, -0.05) is 32.9 Å². The number of carbonyl (C=O) groups excluding carboxylic acids is 1. The van der Waals surface area contributed by atoms with Crippen molar-refractivity contribution in [2.24, 2.45) is 0 Å². The fourth-order valence-corrected chi connectivity index (χ4v) is 2.72. The molecule has 0 unspecified atom stereocenters. The zero-order chi connectivity index (χ0) is 15.5. The van der Waals surface area contributed by atoms with Crippen LogP contribution >= 0.6 is 0 Å². The summed E-state index contributed by atoms with van der Waals surface area (Å²) >= 11 is 0. The number of aryl methyl sites for hydroxylation is 1. The highest BCUT2D eigenvalue weighted by Gasteiger charge is 2.18. The maximum atomic E-state index is 12.5. The Hall–Kier alpha value is -1.19. The molecule has 1 saturated heterocycles. The second-order valence-electron chi connectivity index (χ2n) is 7.04. The molecule has 0 saturated carbocycles. The molecule has 1 aromatic carbocycles. The van der Waals surface area contributed by atoms with Crippen LogP contribution in [0.15, 0.2) is 18.2 Å². The fourth-order valence-electron chi connectivity index (χ4n) is 2.72. The van der Waals surface area contributed by atoms with Crippen molar-refractivity contribution < 1.29 is 4.79 Å². The van der Waals surface area contributed by atoms with Crippen molar-refractivity contribution in [3.05, 3.63) is 34.9 Å². The minimum Gasteiger partial charge on any atom is -0.314 e. The lowest BCUT2D eigenvalue weighted by Gasteiger charge is -2.27. The Morgan fingerprint density at radius 1 is 1.24 bits per heavy atom. The largest absolute Gasteiger partial charge is 0.314 e. The van der Waals surface area contributed by atoms with E-state index in [0.717, 1.165) is 43.9 Å². The van der Waals surface area contributed by atoms with Crippen LogP contribution in [0.25, 0.3) is 0 Å². The number of piperazine rings is 1. The van der Waals surface area contributed by atoms with Crippen LogP contribution in [0.1, 0.15) is 48.7 Å². The van der Waals surface area contributed by atoms with Crippen LogP contribution in [-0.2, 0) is 5.41 Å². The first-order valence-electron chi connectivity index (χ1n) is 7.95. The van der Waals surface area contributed by atoms with E-state index >= 15 is 0 Å². The first-order valence-corrected chi connectivity index (χ1v) is 7.95. The molecule has 1 fully saturated rings. The lowest BCUT2D eigenvalue weighted by Crippen LogP contribution is -2.44. The minimum atomic E-state index is 0.0846. The van der Waals surface area contributed by atoms with E-state index < -0.39 is 0 Å². The van der Waals surface area contributed by atoms with Gasteiger partial charge in [0.1, 0.15) is 0 Å². The zero-order valence-corrected chi connectivity index (χ0v) is 13.8. The Morgan fingerprint density at radius 3 is 2.52 bits per heavy atom. The van der Waals surface area contributed by atoms with E-state index in [1.165, 1.54) is 5.56 Å². The Balaban J connectivity index is 2.04. The van der Waals surface area contributed by atoms with Crippen molar-refractivity contribution in [2.75, 3.05) is 32.7 Å². The van der Waals surface area contributed by atoms with E-state index in [4.69, 9.17) is 0 Å². The predicted octanol–water partition coefficient (Wildman–Crippen LogP) is 2.77. The minimum absolute atomic E-state index is 0.0846. The summed E-state index contributed by atoms with van der Waals surface area (Å²) in [6, 6.07) is 6.32. The van der Waals surface area contributed by atoms with Crippen molar-refractivity contribution in [3.8, 4) is 0 Å². The van der Waals surface area contributed by atoms with Crippen molar-refractivity contribution in [1.29, 1.82) is 0 Å². The lowest BCUT2D eigenvalue weighted by molar-refractivity contribution is 0.0960. The van der Waals surface area contributed by atoms with E-state index in [9.17, 15) is 4.79 Å². The summed E-state index contributed by atoms with van der Waals surface area (Å²) in [6.07, 6.45) is 0.619. The standard InChI is InChI=1S/C18H28N2O/c1-14-5-6-15(18(2,3)4)13-16(14)17(21)7-10-20-11-8-19-9-12-20/h5-6,13,19H,7-12H2,1-4H3. The number of Topliss-reactive ketones (excluding diaryl/α,β-unsaturated/α-hetero) is 1. The SMILES string of the molecule is Cc1ccc(C(C)(C)C)cc1C(=O)CCN1CCNCC1. The van der Waals surface area contributed by atoms with Crippen LogP contribution in [0.3, 0.4) is 0 Å². The first kappa shape index (κ1) is 16.2. The quantitative estimate of drug-likeness (QED) is 0.865. The summed E-state index contributed by atoms with van der Waals surface area (Å²) in [5.74, 6) is 0.275. The number of benzene rings is 1. The van der Waals surface area contributed by atoms with Crippen LogP contribution in [0.5, 0.6) is 0 Å². The molecule has 3 nitrogen and oxygen atoms in total. The Labute approximate surface area is 128 Å². The summed E-state index contributed by atoms with van der Waals surface area (Å²) in [4.78, 5) is 14.9. The summed E-state index contributed by atoms with van der Waals surface area (Å²) in [7, 11) is 0. The van der Waals surface area contributed by atoms with Gasteiger partial charge in [-0.15, -0.1) is 0 Å². The summed E-state index contributed by atoms with van der Waals surface area (Å²) in [5.41, 5.74) is 3.31. The molecule has 1 N–H and O–H groups in total. The normalized spacial score (nSPS) is 17.0. The van der Waals surface area contributed by atoms with E-state index in [2.05, 4.69) is 49.2 Å². The maximum Gasteiger partial charge on any atom is 0.164 e. The molecule has 0 atom stereocenters. The Bertz CT molecular complexity index is 496. The van der Waals surface area contributed by atoms with E-state index in [0.29, 0.717) is 6.42 Å². The highest BCUT2D eigenvalue weighted by Crippen LogP contribution is 2.25.